The van der Waals surface area contributed by atoms with Crippen LogP contribution >= 0.6 is 0 Å². The third-order valence-electron chi connectivity index (χ3n) is 7.83. The second-order valence-corrected chi connectivity index (χ2v) is 10.00. The lowest BCUT2D eigenvalue weighted by molar-refractivity contribution is 0.0123. The maximum atomic E-state index is 12.5. The van der Waals surface area contributed by atoms with Crippen molar-refractivity contribution in [2.75, 3.05) is 77.6 Å². The van der Waals surface area contributed by atoms with Gasteiger partial charge in [0.2, 0.25) is 0 Å². The molecule has 0 amide bonds. The van der Waals surface area contributed by atoms with Gasteiger partial charge in [-0.3, -0.25) is 14.7 Å². The van der Waals surface area contributed by atoms with Crippen molar-refractivity contribution in [1.29, 1.82) is 0 Å². The Balaban J connectivity index is 1.16. The van der Waals surface area contributed by atoms with E-state index < -0.39 is 5.63 Å². The Kier molecular flexibility index (Phi) is 8.11. The van der Waals surface area contributed by atoms with Crippen molar-refractivity contribution in [3.63, 3.8) is 0 Å². The van der Waals surface area contributed by atoms with Crippen LogP contribution in [0, 0.1) is 0 Å². The SMILES string of the molecule is COc1cccc(N2CCN(Cc3coc(=O)c(CN4CCN(C5CCOCC5)CC4)c3O)CC2)c1. The maximum Gasteiger partial charge on any atom is 0.343 e. The highest BCUT2D eigenvalue weighted by Gasteiger charge is 2.27. The second kappa shape index (κ2) is 11.6. The Morgan fingerprint density at radius 3 is 2.39 bits per heavy atom. The number of piperazine rings is 2. The number of anilines is 1. The van der Waals surface area contributed by atoms with Crippen molar-refractivity contribution < 1.29 is 19.0 Å². The molecule has 9 heteroatoms. The van der Waals surface area contributed by atoms with Gasteiger partial charge in [-0.25, -0.2) is 4.79 Å². The number of methoxy groups -OCH3 is 1. The van der Waals surface area contributed by atoms with Crippen LogP contribution in [-0.2, 0) is 17.8 Å². The number of aromatic hydroxyl groups is 1. The lowest BCUT2D eigenvalue weighted by Gasteiger charge is -2.40. The van der Waals surface area contributed by atoms with Gasteiger partial charge >= 0.3 is 5.63 Å². The van der Waals surface area contributed by atoms with Crippen LogP contribution in [-0.4, -0.2) is 98.5 Å². The van der Waals surface area contributed by atoms with E-state index >= 15 is 0 Å². The van der Waals surface area contributed by atoms with Crippen LogP contribution in [0.1, 0.15) is 24.0 Å². The summed E-state index contributed by atoms with van der Waals surface area (Å²) >= 11 is 0. The van der Waals surface area contributed by atoms with Gasteiger partial charge in [0.25, 0.3) is 0 Å². The van der Waals surface area contributed by atoms with Crippen molar-refractivity contribution in [2.24, 2.45) is 0 Å². The van der Waals surface area contributed by atoms with Crippen molar-refractivity contribution in [3.8, 4) is 11.5 Å². The van der Waals surface area contributed by atoms with Crippen molar-refractivity contribution in [1.82, 2.24) is 14.7 Å². The molecule has 3 aliphatic rings. The zero-order chi connectivity index (χ0) is 24.9. The predicted molar refractivity (Wildman–Crippen MR) is 138 cm³/mol. The molecule has 3 fully saturated rings. The standard InChI is InChI=1S/C27H38N4O5/c1-34-24-4-2-3-23(17-24)31-13-7-28(8-14-31)18-21-20-36-27(33)25(26(21)32)19-29-9-11-30(12-10-29)22-5-15-35-16-6-22/h2-4,17,20,22,32H,5-16,18-19H2,1H3. The molecule has 0 spiro atoms. The third-order valence-corrected chi connectivity index (χ3v) is 7.83. The molecule has 1 N–H and O–H groups in total. The molecule has 0 aliphatic carbocycles. The first-order valence-electron chi connectivity index (χ1n) is 13.1. The molecule has 0 unspecified atom stereocenters. The smallest absolute Gasteiger partial charge is 0.343 e. The van der Waals surface area contributed by atoms with Crippen molar-refractivity contribution >= 4 is 5.69 Å². The van der Waals surface area contributed by atoms with Gasteiger partial charge in [-0.2, -0.15) is 0 Å². The van der Waals surface area contributed by atoms with Crippen LogP contribution in [0.5, 0.6) is 11.5 Å². The van der Waals surface area contributed by atoms with Crippen LogP contribution < -0.4 is 15.3 Å². The molecule has 1 aromatic carbocycles. The number of hydrogen-bond donors (Lipinski definition) is 1. The number of benzene rings is 1. The average Bonchev–Trinajstić information content (AvgIpc) is 2.94. The van der Waals surface area contributed by atoms with Gasteiger partial charge in [0.1, 0.15) is 17.8 Å². The minimum absolute atomic E-state index is 0.0911. The quantitative estimate of drug-likeness (QED) is 0.616. The number of ether oxygens (including phenoxy) is 2. The molecule has 0 radical (unpaired) electrons. The van der Waals surface area contributed by atoms with Crippen LogP contribution in [0.4, 0.5) is 5.69 Å². The topological polar surface area (TPSA) is 81.9 Å². The van der Waals surface area contributed by atoms with Crippen LogP contribution in [0.3, 0.4) is 0 Å². The van der Waals surface area contributed by atoms with Gasteiger partial charge < -0.3 is 23.9 Å². The Morgan fingerprint density at radius 2 is 1.67 bits per heavy atom. The summed E-state index contributed by atoms with van der Waals surface area (Å²) in [5.74, 6) is 0.949. The van der Waals surface area contributed by atoms with Crippen LogP contribution in [0.15, 0.2) is 39.7 Å². The third kappa shape index (κ3) is 5.86. The van der Waals surface area contributed by atoms with E-state index in [2.05, 4.69) is 31.7 Å². The highest BCUT2D eigenvalue weighted by Crippen LogP contribution is 2.26. The highest BCUT2D eigenvalue weighted by atomic mass is 16.5. The molecule has 1 aromatic heterocycles. The van der Waals surface area contributed by atoms with Gasteiger partial charge in [0.05, 0.1) is 12.7 Å². The Labute approximate surface area is 212 Å². The van der Waals surface area contributed by atoms with Crippen molar-refractivity contribution in [2.45, 2.75) is 32.0 Å². The summed E-state index contributed by atoms with van der Waals surface area (Å²) in [5.41, 5.74) is 1.77. The monoisotopic (exact) mass is 498 g/mol. The molecule has 0 atom stereocenters. The molecule has 9 nitrogen and oxygen atoms in total. The number of rotatable bonds is 7. The Hall–Kier alpha value is -2.59. The summed E-state index contributed by atoms with van der Waals surface area (Å²) in [5, 5.41) is 11.0. The fraction of sp³-hybridized carbons (Fsp3) is 0.593. The first kappa shape index (κ1) is 25.1. The van der Waals surface area contributed by atoms with Gasteiger partial charge in [-0.15, -0.1) is 0 Å². The van der Waals surface area contributed by atoms with Gasteiger partial charge in [0, 0.05) is 102 Å². The maximum absolute atomic E-state index is 12.5. The summed E-state index contributed by atoms with van der Waals surface area (Å²) < 4.78 is 16.2. The minimum atomic E-state index is -0.439. The summed E-state index contributed by atoms with van der Waals surface area (Å²) in [6, 6.07) is 8.73. The Bertz CT molecular complexity index is 1050. The zero-order valence-electron chi connectivity index (χ0n) is 21.2. The molecule has 196 valence electrons. The highest BCUT2D eigenvalue weighted by molar-refractivity contribution is 5.51. The first-order valence-corrected chi connectivity index (χ1v) is 13.1. The summed E-state index contributed by atoms with van der Waals surface area (Å²) in [4.78, 5) is 21.9. The fourth-order valence-corrected chi connectivity index (χ4v) is 5.57. The van der Waals surface area contributed by atoms with Gasteiger partial charge in [-0.05, 0) is 25.0 Å². The second-order valence-electron chi connectivity index (χ2n) is 10.00. The summed E-state index contributed by atoms with van der Waals surface area (Å²) in [6.07, 6.45) is 3.62. The van der Waals surface area contributed by atoms with E-state index in [9.17, 15) is 9.90 Å². The first-order chi connectivity index (χ1) is 17.6. The Morgan fingerprint density at radius 1 is 0.972 bits per heavy atom. The van der Waals surface area contributed by atoms with Crippen LogP contribution in [0.25, 0.3) is 0 Å². The van der Waals surface area contributed by atoms with E-state index in [-0.39, 0.29) is 5.75 Å². The lowest BCUT2D eigenvalue weighted by atomic mass is 10.1. The normalized spacial score (nSPS) is 21.1. The average molecular weight is 499 g/mol. The van der Waals surface area contributed by atoms with Gasteiger partial charge in [-0.1, -0.05) is 6.07 Å². The molecule has 3 saturated heterocycles. The van der Waals surface area contributed by atoms with E-state index in [0.29, 0.717) is 30.3 Å². The molecule has 4 heterocycles. The number of nitrogens with zero attached hydrogens (tertiary/aromatic N) is 4. The minimum Gasteiger partial charge on any atom is -0.507 e. The molecular formula is C27H38N4O5. The molecule has 0 saturated carbocycles. The lowest BCUT2D eigenvalue weighted by Crippen LogP contribution is -2.51. The van der Waals surface area contributed by atoms with Crippen molar-refractivity contribution in [3.05, 3.63) is 52.1 Å². The summed E-state index contributed by atoms with van der Waals surface area (Å²) in [7, 11) is 1.68. The van der Waals surface area contributed by atoms with E-state index in [1.54, 1.807) is 7.11 Å². The molecule has 5 rings (SSSR count). The van der Waals surface area contributed by atoms with Crippen LogP contribution in [0.2, 0.25) is 0 Å². The number of hydrogen-bond acceptors (Lipinski definition) is 9. The molecular weight excluding hydrogens is 460 g/mol. The predicted octanol–water partition coefficient (Wildman–Crippen LogP) is 1.97. The largest absolute Gasteiger partial charge is 0.507 e. The zero-order valence-corrected chi connectivity index (χ0v) is 21.2. The van der Waals surface area contributed by atoms with E-state index in [1.165, 1.54) is 6.26 Å². The van der Waals surface area contributed by atoms with E-state index in [4.69, 9.17) is 13.9 Å². The molecule has 2 aromatic rings. The molecule has 0 bridgehead atoms. The molecule has 3 aliphatic heterocycles. The van der Waals surface area contributed by atoms with E-state index in [0.717, 1.165) is 89.9 Å². The van der Waals surface area contributed by atoms with Gasteiger partial charge in [0.15, 0.2) is 0 Å². The summed E-state index contributed by atoms with van der Waals surface area (Å²) in [6.45, 7) is 9.90. The fourth-order valence-electron chi connectivity index (χ4n) is 5.57. The van der Waals surface area contributed by atoms with E-state index in [1.807, 2.05) is 12.1 Å². The molecule has 36 heavy (non-hydrogen) atoms.